The Morgan fingerprint density at radius 3 is 1.61 bits per heavy atom. The van der Waals surface area contributed by atoms with Crippen molar-refractivity contribution in [1.29, 1.82) is 0 Å². The van der Waals surface area contributed by atoms with E-state index in [4.69, 9.17) is 4.74 Å². The van der Waals surface area contributed by atoms with Crippen LogP contribution in [0.5, 0.6) is 0 Å². The van der Waals surface area contributed by atoms with Crippen molar-refractivity contribution < 1.29 is 19.4 Å². The van der Waals surface area contributed by atoms with Crippen LogP contribution in [0, 0.1) is 113 Å². The van der Waals surface area contributed by atoms with E-state index in [1.807, 2.05) is 6.92 Å². The molecule has 0 unspecified atom stereocenters. The number of hydrogen-bond acceptors (Lipinski definition) is 4. The van der Waals surface area contributed by atoms with Crippen LogP contribution in [-0.2, 0) is 14.3 Å². The lowest BCUT2D eigenvalue weighted by Crippen LogP contribution is -2.57. The van der Waals surface area contributed by atoms with E-state index in [-0.39, 0.29) is 34.7 Å². The molecule has 0 radical (unpaired) electrons. The normalized spacial score (nSPS) is 50.6. The number of carbonyl (C=O) groups is 2. The van der Waals surface area contributed by atoms with Gasteiger partial charge in [-0.25, -0.2) is 0 Å². The number of aliphatic hydroxyl groups excluding tert-OH is 1. The summed E-state index contributed by atoms with van der Waals surface area (Å²) in [5.74, 6) is 5.96. The number of carbonyl (C=O) groups excluding carboxylic acids is 2. The molecule has 0 saturated heterocycles. The first kappa shape index (κ1) is 48.2. The Morgan fingerprint density at radius 2 is 1.06 bits per heavy atom. The number of hydrogen-bond donors (Lipinski definition) is 1. The van der Waals surface area contributed by atoms with E-state index < -0.39 is 0 Å². The number of rotatable bonds is 13. The highest BCUT2D eigenvalue weighted by molar-refractivity contribution is 5.86. The maximum absolute atomic E-state index is 13.6. The van der Waals surface area contributed by atoms with Gasteiger partial charge in [0.05, 0.1) is 18.6 Å². The van der Waals surface area contributed by atoms with Crippen molar-refractivity contribution in [1.82, 2.24) is 0 Å². The van der Waals surface area contributed by atoms with Gasteiger partial charge in [0.25, 0.3) is 0 Å². The third kappa shape index (κ3) is 6.08. The van der Waals surface area contributed by atoms with Gasteiger partial charge in [0, 0.05) is 17.8 Å². The molecule has 10 saturated carbocycles. The molecule has 66 heavy (non-hydrogen) atoms. The third-order valence-electron chi connectivity index (χ3n) is 27.4. The number of fused-ring (bicyclic) bond motifs is 4. The van der Waals surface area contributed by atoms with E-state index in [0.29, 0.717) is 85.3 Å². The van der Waals surface area contributed by atoms with Crippen LogP contribution in [-0.4, -0.2) is 29.6 Å². The topological polar surface area (TPSA) is 63.6 Å². The van der Waals surface area contributed by atoms with Gasteiger partial charge in [0.2, 0.25) is 0 Å². The summed E-state index contributed by atoms with van der Waals surface area (Å²) in [6.45, 7) is 39.0. The lowest BCUT2D eigenvalue weighted by atomic mass is 9.41. The van der Waals surface area contributed by atoms with Crippen molar-refractivity contribution in [2.75, 3.05) is 6.61 Å². The molecule has 10 fully saturated rings. The van der Waals surface area contributed by atoms with Gasteiger partial charge in [0.1, 0.15) is 5.78 Å². The van der Waals surface area contributed by atoms with E-state index in [1.165, 1.54) is 108 Å². The van der Waals surface area contributed by atoms with Crippen molar-refractivity contribution in [2.24, 2.45) is 113 Å². The van der Waals surface area contributed by atoms with E-state index in [9.17, 15) is 14.7 Å². The van der Waals surface area contributed by atoms with E-state index in [0.717, 1.165) is 61.9 Å². The molecular weight excluding hydrogens is 809 g/mol. The van der Waals surface area contributed by atoms with Crippen LogP contribution in [0.1, 0.15) is 224 Å². The Morgan fingerprint density at radius 1 is 0.591 bits per heavy atom. The van der Waals surface area contributed by atoms with Gasteiger partial charge in [-0.3, -0.25) is 9.59 Å². The van der Waals surface area contributed by atoms with E-state index in [2.05, 4.69) is 89.3 Å². The molecule has 0 bridgehead atoms. The predicted octanol–water partition coefficient (Wildman–Crippen LogP) is 15.6. The first-order valence-corrected chi connectivity index (χ1v) is 28.5. The first-order chi connectivity index (χ1) is 30.8. The average molecular weight is 907 g/mol. The Bertz CT molecular complexity index is 2010. The molecule has 370 valence electrons. The van der Waals surface area contributed by atoms with Crippen LogP contribution in [0.25, 0.3) is 0 Å². The Hall–Kier alpha value is -1.42. The molecule has 4 spiro atoms. The molecule has 0 aromatic rings. The second-order valence-corrected chi connectivity index (χ2v) is 29.4. The summed E-state index contributed by atoms with van der Waals surface area (Å²) < 4.78 is 6.07. The molecule has 10 aliphatic carbocycles. The van der Waals surface area contributed by atoms with Gasteiger partial charge in [-0.2, -0.15) is 0 Å². The number of ether oxygens (including phenoxy) is 1. The number of aliphatic hydroxyl groups is 1. The summed E-state index contributed by atoms with van der Waals surface area (Å²) in [7, 11) is 0. The van der Waals surface area contributed by atoms with Gasteiger partial charge in [-0.05, 0) is 238 Å². The fraction of sp³-hybridized carbons (Fsp3) is 0.903. The van der Waals surface area contributed by atoms with Gasteiger partial charge < -0.3 is 9.84 Å². The van der Waals surface area contributed by atoms with Gasteiger partial charge in [-0.1, -0.05) is 100 Å². The van der Waals surface area contributed by atoms with Crippen molar-refractivity contribution in [2.45, 2.75) is 230 Å². The molecule has 10 aliphatic rings. The fourth-order valence-electron chi connectivity index (χ4n) is 22.7. The Balaban J connectivity index is 0.681. The van der Waals surface area contributed by atoms with Gasteiger partial charge in [-0.15, -0.1) is 0 Å². The first-order valence-electron chi connectivity index (χ1n) is 28.5. The minimum absolute atomic E-state index is 0.0558. The van der Waals surface area contributed by atoms with E-state index >= 15 is 0 Å². The number of ketones is 1. The van der Waals surface area contributed by atoms with Gasteiger partial charge >= 0.3 is 5.97 Å². The highest BCUT2D eigenvalue weighted by Gasteiger charge is 2.84. The van der Waals surface area contributed by atoms with Crippen LogP contribution < -0.4 is 0 Å². The lowest BCUT2D eigenvalue weighted by molar-refractivity contribution is -0.161. The molecule has 19 atom stereocenters. The highest BCUT2D eigenvalue weighted by Crippen LogP contribution is 2.90. The Kier molecular flexibility index (Phi) is 11.2. The smallest absolute Gasteiger partial charge is 0.312 e. The summed E-state index contributed by atoms with van der Waals surface area (Å²) in [6.07, 6.45) is 27.4. The summed E-state index contributed by atoms with van der Waals surface area (Å²) in [5, 5.41) is 11.1. The summed E-state index contributed by atoms with van der Waals surface area (Å²) >= 11 is 0. The molecule has 0 aromatic carbocycles. The maximum Gasteiger partial charge on any atom is 0.312 e. The molecule has 4 nitrogen and oxygen atoms in total. The quantitative estimate of drug-likeness (QED) is 0.148. The van der Waals surface area contributed by atoms with Crippen molar-refractivity contribution in [3.8, 4) is 0 Å². The summed E-state index contributed by atoms with van der Waals surface area (Å²) in [6, 6.07) is 0. The second kappa shape index (κ2) is 15.3. The largest absolute Gasteiger partial charge is 0.465 e. The standard InChI is InChI=1S/C62H98O4/c1-38(15-17-40(3)44-23-27-57(13)48-21-19-46-53(7,8)50(63)25-29-59(46)36-61(48,59)33-31-55(44,57)11)42(5)35-66-52(65)43(6)39(2)16-18-41(4)45-24-28-58(14)49-22-20-47-54(9,10)51(64)26-30-60(47)37-62(49,60)34-32-56(45,58)12/h40-50,63H,1-2,15-37H2,3-14H3/t40-,41+,42-,43-,44-,45-,46-,47-,48+,49-,50+,55-,56-,57+,58+,59-,60-,61+,62+/m1/s1. The Labute approximate surface area is 404 Å². The molecule has 10 rings (SSSR count). The van der Waals surface area contributed by atoms with Crippen LogP contribution in [0.2, 0.25) is 0 Å². The monoisotopic (exact) mass is 907 g/mol. The van der Waals surface area contributed by atoms with Crippen LogP contribution in [0.3, 0.4) is 0 Å². The fourth-order valence-corrected chi connectivity index (χ4v) is 22.7. The molecule has 0 amide bonds. The van der Waals surface area contributed by atoms with Crippen LogP contribution in [0.4, 0.5) is 0 Å². The zero-order chi connectivity index (χ0) is 47.6. The molecular formula is C62H98O4. The molecule has 0 aliphatic heterocycles. The molecule has 0 heterocycles. The van der Waals surface area contributed by atoms with E-state index in [1.54, 1.807) is 0 Å². The predicted molar refractivity (Wildman–Crippen MR) is 269 cm³/mol. The summed E-state index contributed by atoms with van der Waals surface area (Å²) in [4.78, 5) is 26.7. The zero-order valence-electron chi connectivity index (χ0n) is 44.7. The molecule has 0 aromatic heterocycles. The van der Waals surface area contributed by atoms with Crippen molar-refractivity contribution >= 4 is 11.8 Å². The van der Waals surface area contributed by atoms with Crippen molar-refractivity contribution in [3.63, 3.8) is 0 Å². The maximum atomic E-state index is 13.6. The highest BCUT2D eigenvalue weighted by atomic mass is 16.5. The third-order valence-corrected chi connectivity index (χ3v) is 27.4. The second-order valence-electron chi connectivity index (χ2n) is 29.4. The van der Waals surface area contributed by atoms with Crippen LogP contribution >= 0.6 is 0 Å². The SMILES string of the molecule is C=C(CC[C@H](C)[C@H]1CC[C@@]2(C)[C@H]3CC[C@@H]4C(C)(C)C(=O)CC[C@@]45C[C@@]35CC[C@]12C)[C@@H](C)C(=O)OC[C@@H](C)C(=C)CC[C@@H](C)[C@H]1CC[C@@]2(C)[C@@H]3CC[C@@H]4C(C)(C)[C@@H](O)CC[C@@]45C[C@@]35CC[C@]12C. The minimum atomic E-state index is -0.284. The van der Waals surface area contributed by atoms with Crippen molar-refractivity contribution in [3.05, 3.63) is 24.3 Å². The number of esters is 1. The molecule has 4 heteroatoms. The minimum Gasteiger partial charge on any atom is -0.465 e. The molecule has 1 N–H and O–H groups in total. The van der Waals surface area contributed by atoms with Crippen LogP contribution in [0.15, 0.2) is 24.3 Å². The van der Waals surface area contributed by atoms with Gasteiger partial charge in [0.15, 0.2) is 0 Å². The summed E-state index contributed by atoms with van der Waals surface area (Å²) in [5.41, 5.74) is 5.69. The zero-order valence-corrected chi connectivity index (χ0v) is 44.7. The average Bonchev–Trinajstić information content (AvgIpc) is 4.08. The number of Topliss-reactive ketones (excluding diaryl/α,β-unsaturated/α-hetero) is 1. The lowest BCUT2D eigenvalue weighted by Gasteiger charge is -2.63.